The van der Waals surface area contributed by atoms with Crippen LogP contribution in [0.5, 0.6) is 0 Å². The fraction of sp³-hybridized carbons (Fsp3) is 0.368. The van der Waals surface area contributed by atoms with Gasteiger partial charge in [-0.15, -0.1) is 0 Å². The van der Waals surface area contributed by atoms with E-state index in [2.05, 4.69) is 33.0 Å². The van der Waals surface area contributed by atoms with E-state index < -0.39 is 11.7 Å². The lowest BCUT2D eigenvalue weighted by atomic mass is 10.0. The van der Waals surface area contributed by atoms with Crippen molar-refractivity contribution in [2.24, 2.45) is 0 Å². The molecular formula is C19H23BrF3N. The summed E-state index contributed by atoms with van der Waals surface area (Å²) in [5.41, 5.74) is 1.57. The Morgan fingerprint density at radius 2 is 1.50 bits per heavy atom. The second-order valence-electron chi connectivity index (χ2n) is 6.24. The average Bonchev–Trinajstić information content (AvgIpc) is 2.54. The van der Waals surface area contributed by atoms with Crippen molar-refractivity contribution in [3.05, 3.63) is 71.3 Å². The van der Waals surface area contributed by atoms with Crippen molar-refractivity contribution in [1.29, 1.82) is 0 Å². The summed E-state index contributed by atoms with van der Waals surface area (Å²) >= 11 is 0. The topological polar surface area (TPSA) is 0 Å². The van der Waals surface area contributed by atoms with Gasteiger partial charge in [0, 0.05) is 11.1 Å². The molecule has 2 aromatic rings. The molecule has 0 spiro atoms. The summed E-state index contributed by atoms with van der Waals surface area (Å²) in [6.45, 7) is 5.88. The molecule has 0 heterocycles. The fourth-order valence-corrected chi connectivity index (χ4v) is 2.83. The molecule has 132 valence electrons. The molecule has 5 heteroatoms. The molecule has 1 unspecified atom stereocenters. The molecule has 0 saturated carbocycles. The van der Waals surface area contributed by atoms with Crippen molar-refractivity contribution in [2.45, 2.75) is 32.6 Å². The first-order valence-corrected chi connectivity index (χ1v) is 7.81. The maximum Gasteiger partial charge on any atom is 0.416 e. The van der Waals surface area contributed by atoms with Crippen LogP contribution in [-0.2, 0) is 12.7 Å². The minimum Gasteiger partial charge on any atom is -1.00 e. The SMILES string of the molecule is CC[N+](C)(Cc1ccc(C(F)(F)F)cc1)[C@@H](C)c1ccccc1.[Br-]. The van der Waals surface area contributed by atoms with Crippen molar-refractivity contribution in [2.75, 3.05) is 13.6 Å². The standard InChI is InChI=1S/C19H23F3N.BrH/c1-4-23(3,15(2)17-8-6-5-7-9-17)14-16-10-12-18(13-11-16)19(20,21)22;/h5-13,15H,4,14H2,1-3H3;1H/q+1;/p-1/t15-,23?;/m0./s1. The molecule has 0 saturated heterocycles. The van der Waals surface area contributed by atoms with E-state index in [4.69, 9.17) is 0 Å². The van der Waals surface area contributed by atoms with Crippen molar-refractivity contribution < 1.29 is 34.6 Å². The summed E-state index contributed by atoms with van der Waals surface area (Å²) in [7, 11) is 2.15. The van der Waals surface area contributed by atoms with Crippen LogP contribution in [0.2, 0.25) is 0 Å². The molecular weight excluding hydrogens is 379 g/mol. The normalized spacial score (nSPS) is 15.2. The van der Waals surface area contributed by atoms with Crippen molar-refractivity contribution >= 4 is 0 Å². The zero-order valence-electron chi connectivity index (χ0n) is 14.1. The first-order valence-electron chi connectivity index (χ1n) is 7.81. The molecule has 1 nitrogen and oxygen atoms in total. The molecule has 24 heavy (non-hydrogen) atoms. The van der Waals surface area contributed by atoms with Gasteiger partial charge >= 0.3 is 6.18 Å². The Balaban J connectivity index is 0.00000288. The smallest absolute Gasteiger partial charge is 0.416 e. The van der Waals surface area contributed by atoms with Gasteiger partial charge in [0.2, 0.25) is 0 Å². The van der Waals surface area contributed by atoms with E-state index in [0.717, 1.165) is 16.6 Å². The fourth-order valence-electron chi connectivity index (χ4n) is 2.83. The summed E-state index contributed by atoms with van der Waals surface area (Å²) in [6, 6.07) is 16.0. The third-order valence-corrected chi connectivity index (χ3v) is 4.76. The van der Waals surface area contributed by atoms with Gasteiger partial charge in [0.15, 0.2) is 0 Å². The van der Waals surface area contributed by atoms with Crippen LogP contribution in [0.1, 0.15) is 36.6 Å². The van der Waals surface area contributed by atoms with Gasteiger partial charge < -0.3 is 21.5 Å². The lowest BCUT2D eigenvalue weighted by Gasteiger charge is -2.39. The lowest BCUT2D eigenvalue weighted by Crippen LogP contribution is -3.00. The largest absolute Gasteiger partial charge is 1.00 e. The Labute approximate surface area is 152 Å². The van der Waals surface area contributed by atoms with Gasteiger partial charge in [-0.2, -0.15) is 13.2 Å². The number of rotatable bonds is 5. The van der Waals surface area contributed by atoms with Crippen molar-refractivity contribution in [3.63, 3.8) is 0 Å². The van der Waals surface area contributed by atoms with Crippen LogP contribution >= 0.6 is 0 Å². The van der Waals surface area contributed by atoms with E-state index in [0.29, 0.717) is 6.54 Å². The maximum atomic E-state index is 12.7. The number of hydrogen-bond donors (Lipinski definition) is 0. The zero-order valence-corrected chi connectivity index (χ0v) is 15.7. The van der Waals surface area contributed by atoms with Crippen LogP contribution in [0.3, 0.4) is 0 Å². The number of halogens is 4. The zero-order chi connectivity index (χ0) is 17.1. The molecule has 0 bridgehead atoms. The van der Waals surface area contributed by atoms with E-state index >= 15 is 0 Å². The third-order valence-electron chi connectivity index (χ3n) is 4.76. The third kappa shape index (κ3) is 4.84. The number of benzene rings is 2. The number of hydrogen-bond acceptors (Lipinski definition) is 0. The Hall–Kier alpha value is -1.33. The van der Waals surface area contributed by atoms with Crippen molar-refractivity contribution in [3.8, 4) is 0 Å². The van der Waals surface area contributed by atoms with Crippen LogP contribution in [0.15, 0.2) is 54.6 Å². The molecule has 0 aromatic heterocycles. The lowest BCUT2D eigenvalue weighted by molar-refractivity contribution is -0.948. The molecule has 0 radical (unpaired) electrons. The van der Waals surface area contributed by atoms with Gasteiger partial charge in [-0.25, -0.2) is 0 Å². The van der Waals surface area contributed by atoms with Gasteiger partial charge in [0.25, 0.3) is 0 Å². The van der Waals surface area contributed by atoms with E-state index in [1.807, 2.05) is 18.2 Å². The Kier molecular flexibility index (Phi) is 7.05. The molecule has 0 amide bonds. The predicted octanol–water partition coefficient (Wildman–Crippen LogP) is 2.44. The molecule has 0 aliphatic heterocycles. The van der Waals surface area contributed by atoms with Gasteiger partial charge in [0.1, 0.15) is 12.6 Å². The summed E-state index contributed by atoms with van der Waals surface area (Å²) in [4.78, 5) is 0. The average molecular weight is 402 g/mol. The second kappa shape index (κ2) is 8.17. The number of alkyl halides is 3. The summed E-state index contributed by atoms with van der Waals surface area (Å²) in [6.07, 6.45) is -4.28. The molecule has 2 atom stereocenters. The summed E-state index contributed by atoms with van der Waals surface area (Å²) in [5.74, 6) is 0. The van der Waals surface area contributed by atoms with Crippen molar-refractivity contribution in [1.82, 2.24) is 0 Å². The first kappa shape index (κ1) is 20.7. The molecule has 0 N–H and O–H groups in total. The van der Waals surface area contributed by atoms with E-state index in [1.54, 1.807) is 12.1 Å². The first-order chi connectivity index (χ1) is 10.8. The quantitative estimate of drug-likeness (QED) is 0.675. The number of nitrogens with zero attached hydrogens (tertiary/aromatic N) is 1. The van der Waals surface area contributed by atoms with Gasteiger partial charge in [0.05, 0.1) is 19.2 Å². The van der Waals surface area contributed by atoms with Gasteiger partial charge in [-0.1, -0.05) is 42.5 Å². The van der Waals surface area contributed by atoms with Crippen LogP contribution in [0.4, 0.5) is 13.2 Å². The molecule has 0 aliphatic rings. The highest BCUT2D eigenvalue weighted by Crippen LogP contribution is 2.31. The van der Waals surface area contributed by atoms with E-state index in [1.165, 1.54) is 17.7 Å². The Bertz CT molecular complexity index is 625. The van der Waals surface area contributed by atoms with Crippen LogP contribution in [0, 0.1) is 0 Å². The Morgan fingerprint density at radius 1 is 0.958 bits per heavy atom. The highest BCUT2D eigenvalue weighted by atomic mass is 79.9. The molecule has 0 fully saturated rings. The van der Waals surface area contributed by atoms with E-state index in [-0.39, 0.29) is 23.0 Å². The second-order valence-corrected chi connectivity index (χ2v) is 6.24. The minimum atomic E-state index is -4.28. The molecule has 0 aliphatic carbocycles. The van der Waals surface area contributed by atoms with Crippen LogP contribution < -0.4 is 17.0 Å². The highest BCUT2D eigenvalue weighted by molar-refractivity contribution is 5.24. The highest BCUT2D eigenvalue weighted by Gasteiger charge is 2.31. The minimum absolute atomic E-state index is 0. The Morgan fingerprint density at radius 3 is 1.96 bits per heavy atom. The summed E-state index contributed by atoms with van der Waals surface area (Å²) < 4.78 is 38.8. The van der Waals surface area contributed by atoms with Crippen LogP contribution in [-0.4, -0.2) is 18.1 Å². The predicted molar refractivity (Wildman–Crippen MR) is 86.7 cm³/mol. The van der Waals surface area contributed by atoms with Crippen LogP contribution in [0.25, 0.3) is 0 Å². The monoisotopic (exact) mass is 401 g/mol. The van der Waals surface area contributed by atoms with Gasteiger partial charge in [-0.05, 0) is 26.0 Å². The summed E-state index contributed by atoms with van der Waals surface area (Å²) in [5, 5.41) is 0. The van der Waals surface area contributed by atoms with Gasteiger partial charge in [-0.3, -0.25) is 0 Å². The van der Waals surface area contributed by atoms with E-state index in [9.17, 15) is 13.2 Å². The molecule has 2 rings (SSSR count). The number of quaternary nitrogens is 1. The maximum absolute atomic E-state index is 12.7. The molecule has 2 aromatic carbocycles.